The molecule has 4 aliphatic rings. The highest BCUT2D eigenvalue weighted by Gasteiger charge is 2.55. The van der Waals surface area contributed by atoms with E-state index in [2.05, 4.69) is 273 Å². The van der Waals surface area contributed by atoms with E-state index in [0.29, 0.717) is 0 Å². The van der Waals surface area contributed by atoms with Gasteiger partial charge in [0.1, 0.15) is 0 Å². The van der Waals surface area contributed by atoms with E-state index in [9.17, 15) is 0 Å². The van der Waals surface area contributed by atoms with Crippen molar-refractivity contribution >= 4 is 66.6 Å². The van der Waals surface area contributed by atoms with Crippen LogP contribution in [0.2, 0.25) is 0 Å². The standard InChI is InChI=1S/C73H51BN2/c1-71(2,47-28-13-7-14-29-47)49-40-54-55-41-50(72(3,4)48-30-15-8-16-31-48)43-61-68(55)76-67(54)60(42-49)73(57-35-21-19-33-52(57)53-34-20-22-36-58(53)73)59-37-38-62-65(70(59)76)74(61)64-51-32-18-17-27-46(51)39-56-63(44-23-9-5-10-24-44)66(75(62)69(56)64)45-25-11-6-12-26-45/h5-43H,1-4H3. The first kappa shape index (κ1) is 42.4. The Kier molecular flexibility index (Phi) is 8.20. The first-order valence-electron chi connectivity index (χ1n) is 27.1. The van der Waals surface area contributed by atoms with E-state index in [-0.39, 0.29) is 17.5 Å². The summed E-state index contributed by atoms with van der Waals surface area (Å²) in [6.07, 6.45) is 0. The van der Waals surface area contributed by atoms with E-state index < -0.39 is 5.41 Å². The molecule has 5 heterocycles. The fourth-order valence-electron chi connectivity index (χ4n) is 15.3. The lowest BCUT2D eigenvalue weighted by Crippen LogP contribution is -2.61. The predicted octanol–water partition coefficient (Wildman–Crippen LogP) is 15.7. The molecule has 1 spiro atoms. The number of hydrogen-bond acceptors (Lipinski definition) is 0. The number of benzene rings is 11. The van der Waals surface area contributed by atoms with Crippen molar-refractivity contribution in [3.63, 3.8) is 0 Å². The van der Waals surface area contributed by atoms with Gasteiger partial charge in [0.05, 0.1) is 22.1 Å². The van der Waals surface area contributed by atoms with E-state index in [1.165, 1.54) is 149 Å². The number of hydrogen-bond donors (Lipinski definition) is 0. The van der Waals surface area contributed by atoms with Crippen LogP contribution in [-0.4, -0.2) is 15.8 Å². The fraction of sp³-hybridized carbons (Fsp3) is 0.0959. The third kappa shape index (κ3) is 5.09. The molecule has 0 fully saturated rings. The Hall–Kier alpha value is -8.92. The van der Waals surface area contributed by atoms with Crippen LogP contribution in [0.1, 0.15) is 72.2 Å². The molecule has 0 N–H and O–H groups in total. The molecule has 0 amide bonds. The van der Waals surface area contributed by atoms with Gasteiger partial charge in [0.2, 0.25) is 0 Å². The van der Waals surface area contributed by atoms with Crippen LogP contribution >= 0.6 is 0 Å². The minimum atomic E-state index is -0.625. The molecule has 3 aliphatic heterocycles. The molecule has 0 saturated carbocycles. The molecule has 356 valence electrons. The summed E-state index contributed by atoms with van der Waals surface area (Å²) in [7, 11) is 0. The van der Waals surface area contributed by atoms with E-state index in [1.807, 2.05) is 0 Å². The van der Waals surface area contributed by atoms with E-state index in [4.69, 9.17) is 0 Å². The van der Waals surface area contributed by atoms with Crippen molar-refractivity contribution in [2.24, 2.45) is 0 Å². The van der Waals surface area contributed by atoms with E-state index in [0.717, 1.165) is 0 Å². The molecule has 3 heteroatoms. The molecular weight excluding hydrogens is 916 g/mol. The number of nitrogens with zero attached hydrogens (tertiary/aromatic N) is 2. The minimum Gasteiger partial charge on any atom is -0.310 e. The first-order chi connectivity index (χ1) is 37.3. The van der Waals surface area contributed by atoms with Crippen LogP contribution in [0.15, 0.2) is 237 Å². The summed E-state index contributed by atoms with van der Waals surface area (Å²) in [6.45, 7) is 9.64. The highest BCUT2D eigenvalue weighted by molar-refractivity contribution is 7.01. The number of fused-ring (bicyclic) bond motifs is 13. The van der Waals surface area contributed by atoms with Crippen molar-refractivity contribution in [1.82, 2.24) is 9.13 Å². The molecule has 0 radical (unpaired) electrons. The Morgan fingerprint density at radius 2 is 0.908 bits per heavy atom. The zero-order chi connectivity index (χ0) is 50.4. The Labute approximate surface area is 443 Å². The SMILES string of the molecule is CC(C)(c1ccccc1)c1cc2c3c(c1)c1cc(C(C)(C)c4ccccc4)cc4c1n3-c1c(ccc3c1B2c1c2ccccc2cc2c(-c5ccccc5)c(-c5ccccc5)n-3c12)C41c2ccccc2-c2ccccc21. The molecule has 17 rings (SSSR count). The van der Waals surface area contributed by atoms with Crippen molar-refractivity contribution in [1.29, 1.82) is 0 Å². The van der Waals surface area contributed by atoms with Gasteiger partial charge in [0.15, 0.2) is 0 Å². The Morgan fingerprint density at radius 3 is 1.55 bits per heavy atom. The molecule has 0 unspecified atom stereocenters. The van der Waals surface area contributed by atoms with Gasteiger partial charge in [-0.3, -0.25) is 0 Å². The Morgan fingerprint density at radius 1 is 0.368 bits per heavy atom. The summed E-state index contributed by atoms with van der Waals surface area (Å²) in [4.78, 5) is 0. The van der Waals surface area contributed by atoms with Gasteiger partial charge in [-0.15, -0.1) is 0 Å². The topological polar surface area (TPSA) is 9.86 Å². The summed E-state index contributed by atoms with van der Waals surface area (Å²) in [5.41, 5.74) is 27.7. The maximum absolute atomic E-state index is 2.78. The summed E-state index contributed by atoms with van der Waals surface area (Å²) in [5, 5.41) is 6.50. The van der Waals surface area contributed by atoms with Crippen LogP contribution in [-0.2, 0) is 16.2 Å². The van der Waals surface area contributed by atoms with Crippen LogP contribution in [0.25, 0.3) is 88.4 Å². The third-order valence-corrected chi connectivity index (χ3v) is 18.9. The molecule has 2 aromatic heterocycles. The first-order valence-corrected chi connectivity index (χ1v) is 27.1. The second-order valence-corrected chi connectivity index (χ2v) is 23.1. The molecule has 0 atom stereocenters. The van der Waals surface area contributed by atoms with E-state index >= 15 is 0 Å². The Bertz CT molecular complexity index is 4630. The molecule has 0 bridgehead atoms. The summed E-state index contributed by atoms with van der Waals surface area (Å²) < 4.78 is 5.48. The largest absolute Gasteiger partial charge is 0.310 e. The molecule has 11 aromatic carbocycles. The van der Waals surface area contributed by atoms with Gasteiger partial charge in [0, 0.05) is 49.4 Å². The Balaban J connectivity index is 1.14. The van der Waals surface area contributed by atoms with Crippen LogP contribution in [0, 0.1) is 0 Å². The van der Waals surface area contributed by atoms with Gasteiger partial charge in [-0.05, 0) is 118 Å². The lowest BCUT2D eigenvalue weighted by molar-refractivity contribution is 0.637. The van der Waals surface area contributed by atoms with Gasteiger partial charge < -0.3 is 9.13 Å². The highest BCUT2D eigenvalue weighted by Crippen LogP contribution is 2.62. The third-order valence-electron chi connectivity index (χ3n) is 18.9. The normalized spacial score (nSPS) is 14.1. The molecule has 1 aliphatic carbocycles. The average molecular weight is 967 g/mol. The van der Waals surface area contributed by atoms with Crippen molar-refractivity contribution in [3.8, 4) is 44.9 Å². The zero-order valence-corrected chi connectivity index (χ0v) is 43.0. The second kappa shape index (κ2) is 14.7. The quantitative estimate of drug-likeness (QED) is 0.147. The van der Waals surface area contributed by atoms with Gasteiger partial charge in [-0.1, -0.05) is 240 Å². The summed E-state index contributed by atoms with van der Waals surface area (Å²) in [6, 6.07) is 90.8. The van der Waals surface area contributed by atoms with Gasteiger partial charge in [-0.2, -0.15) is 0 Å². The van der Waals surface area contributed by atoms with Crippen molar-refractivity contribution < 1.29 is 0 Å². The maximum atomic E-state index is 2.78. The molecule has 13 aromatic rings. The number of rotatable bonds is 6. The van der Waals surface area contributed by atoms with Crippen molar-refractivity contribution in [2.45, 2.75) is 43.9 Å². The highest BCUT2D eigenvalue weighted by atomic mass is 15.1. The maximum Gasteiger partial charge on any atom is 0.253 e. The molecule has 76 heavy (non-hydrogen) atoms. The minimum absolute atomic E-state index is 0.0928. The summed E-state index contributed by atoms with van der Waals surface area (Å²) in [5.74, 6) is 0. The van der Waals surface area contributed by atoms with Crippen LogP contribution < -0.4 is 16.4 Å². The van der Waals surface area contributed by atoms with Gasteiger partial charge in [-0.25, -0.2) is 0 Å². The van der Waals surface area contributed by atoms with Gasteiger partial charge in [0.25, 0.3) is 6.71 Å². The zero-order valence-electron chi connectivity index (χ0n) is 43.0. The van der Waals surface area contributed by atoms with Crippen molar-refractivity contribution in [3.05, 3.63) is 281 Å². The molecular formula is C73H51BN2. The lowest BCUT2D eigenvalue weighted by Gasteiger charge is -2.44. The van der Waals surface area contributed by atoms with Crippen LogP contribution in [0.5, 0.6) is 0 Å². The van der Waals surface area contributed by atoms with Crippen LogP contribution in [0.3, 0.4) is 0 Å². The predicted molar refractivity (Wildman–Crippen MR) is 319 cm³/mol. The fourth-order valence-corrected chi connectivity index (χ4v) is 15.3. The van der Waals surface area contributed by atoms with Gasteiger partial charge >= 0.3 is 0 Å². The number of aromatic nitrogens is 2. The average Bonchev–Trinajstić information content (AvgIpc) is 3.89. The smallest absolute Gasteiger partial charge is 0.253 e. The summed E-state index contributed by atoms with van der Waals surface area (Å²) >= 11 is 0. The second-order valence-electron chi connectivity index (χ2n) is 23.1. The van der Waals surface area contributed by atoms with E-state index in [1.54, 1.807) is 0 Å². The van der Waals surface area contributed by atoms with Crippen molar-refractivity contribution in [2.75, 3.05) is 0 Å². The lowest BCUT2D eigenvalue weighted by atomic mass is 9.33. The monoisotopic (exact) mass is 966 g/mol. The molecule has 0 saturated heterocycles. The molecule has 2 nitrogen and oxygen atoms in total. The van der Waals surface area contributed by atoms with Crippen LogP contribution in [0.4, 0.5) is 0 Å².